The molecule has 0 saturated heterocycles. The first-order valence-electron chi connectivity index (χ1n) is 6.42. The van der Waals surface area contributed by atoms with Crippen molar-refractivity contribution in [2.24, 2.45) is 0 Å². The van der Waals surface area contributed by atoms with Gasteiger partial charge in [0, 0.05) is 12.5 Å². The minimum Gasteiger partial charge on any atom is -0.493 e. The number of nitrogens with one attached hydrogen (secondary N) is 2. The molecule has 1 aliphatic rings. The summed E-state index contributed by atoms with van der Waals surface area (Å²) in [7, 11) is 4.04. The van der Waals surface area contributed by atoms with Gasteiger partial charge in [0.05, 0.1) is 6.61 Å². The molecule has 94 valence electrons. The number of hydrogen-bond donors (Lipinski definition) is 2. The maximum Gasteiger partial charge on any atom is 0.122 e. The van der Waals surface area contributed by atoms with Crippen LogP contribution in [0.3, 0.4) is 0 Å². The van der Waals surface area contributed by atoms with E-state index in [-0.39, 0.29) is 0 Å². The second-order valence-corrected chi connectivity index (χ2v) is 4.55. The van der Waals surface area contributed by atoms with E-state index < -0.39 is 0 Å². The summed E-state index contributed by atoms with van der Waals surface area (Å²) in [4.78, 5) is 0. The zero-order valence-corrected chi connectivity index (χ0v) is 10.8. The standard InChI is InChI=1S/C14H22N2O/c1-15-8-3-4-13(16-2)11-5-6-14-12(10-11)7-9-17-14/h5-6,10,13,15-16H,3-4,7-9H2,1-2H3. The smallest absolute Gasteiger partial charge is 0.122 e. The number of ether oxygens (including phenoxy) is 1. The van der Waals surface area contributed by atoms with Gasteiger partial charge >= 0.3 is 0 Å². The van der Waals surface area contributed by atoms with Gasteiger partial charge in [-0.3, -0.25) is 0 Å². The lowest BCUT2D eigenvalue weighted by atomic mass is 9.99. The molecule has 3 nitrogen and oxygen atoms in total. The molecule has 1 aromatic rings. The Morgan fingerprint density at radius 2 is 2.24 bits per heavy atom. The lowest BCUT2D eigenvalue weighted by Crippen LogP contribution is -2.18. The molecule has 17 heavy (non-hydrogen) atoms. The highest BCUT2D eigenvalue weighted by molar-refractivity contribution is 5.40. The van der Waals surface area contributed by atoms with Crippen LogP contribution in [-0.2, 0) is 6.42 Å². The molecule has 0 aromatic heterocycles. The van der Waals surface area contributed by atoms with Crippen LogP contribution in [0.4, 0.5) is 0 Å². The number of hydrogen-bond acceptors (Lipinski definition) is 3. The fourth-order valence-electron chi connectivity index (χ4n) is 2.38. The summed E-state index contributed by atoms with van der Waals surface area (Å²) >= 11 is 0. The van der Waals surface area contributed by atoms with Crippen LogP contribution >= 0.6 is 0 Å². The van der Waals surface area contributed by atoms with Gasteiger partial charge < -0.3 is 15.4 Å². The quantitative estimate of drug-likeness (QED) is 0.737. The molecule has 0 bridgehead atoms. The third-order valence-corrected chi connectivity index (χ3v) is 3.38. The van der Waals surface area contributed by atoms with Crippen molar-refractivity contribution in [3.8, 4) is 5.75 Å². The second-order valence-electron chi connectivity index (χ2n) is 4.55. The van der Waals surface area contributed by atoms with E-state index in [1.807, 2.05) is 14.1 Å². The third kappa shape index (κ3) is 2.99. The van der Waals surface area contributed by atoms with E-state index in [1.54, 1.807) is 0 Å². The first-order valence-corrected chi connectivity index (χ1v) is 6.42. The Hall–Kier alpha value is -1.06. The van der Waals surface area contributed by atoms with Crippen molar-refractivity contribution in [2.75, 3.05) is 27.2 Å². The van der Waals surface area contributed by atoms with Gasteiger partial charge in [-0.1, -0.05) is 12.1 Å². The normalized spacial score (nSPS) is 15.4. The fourth-order valence-corrected chi connectivity index (χ4v) is 2.38. The van der Waals surface area contributed by atoms with Gasteiger partial charge in [-0.05, 0) is 50.7 Å². The Morgan fingerprint density at radius 3 is 3.00 bits per heavy atom. The molecule has 0 amide bonds. The van der Waals surface area contributed by atoms with E-state index in [0.717, 1.165) is 31.7 Å². The van der Waals surface area contributed by atoms with Crippen molar-refractivity contribution in [1.82, 2.24) is 10.6 Å². The van der Waals surface area contributed by atoms with Crippen molar-refractivity contribution in [2.45, 2.75) is 25.3 Å². The van der Waals surface area contributed by atoms with Gasteiger partial charge in [-0.2, -0.15) is 0 Å². The van der Waals surface area contributed by atoms with Crippen LogP contribution in [0.25, 0.3) is 0 Å². The van der Waals surface area contributed by atoms with Crippen LogP contribution in [0.2, 0.25) is 0 Å². The van der Waals surface area contributed by atoms with Gasteiger partial charge in [-0.15, -0.1) is 0 Å². The molecule has 1 unspecified atom stereocenters. The number of benzene rings is 1. The molecule has 3 heteroatoms. The highest BCUT2D eigenvalue weighted by atomic mass is 16.5. The Kier molecular flexibility index (Phi) is 4.40. The molecule has 0 spiro atoms. The van der Waals surface area contributed by atoms with Crippen LogP contribution in [-0.4, -0.2) is 27.2 Å². The van der Waals surface area contributed by atoms with E-state index >= 15 is 0 Å². The van der Waals surface area contributed by atoms with Gasteiger partial charge in [0.25, 0.3) is 0 Å². The lowest BCUT2D eigenvalue weighted by molar-refractivity contribution is 0.356. The topological polar surface area (TPSA) is 33.3 Å². The summed E-state index contributed by atoms with van der Waals surface area (Å²) in [5.74, 6) is 1.07. The molecule has 1 heterocycles. The predicted octanol–water partition coefficient (Wildman–Crippen LogP) is 1.88. The van der Waals surface area contributed by atoms with Crippen LogP contribution in [0.5, 0.6) is 5.75 Å². The van der Waals surface area contributed by atoms with Crippen molar-refractivity contribution < 1.29 is 4.74 Å². The summed E-state index contributed by atoms with van der Waals surface area (Å²) in [6, 6.07) is 7.04. The summed E-state index contributed by atoms with van der Waals surface area (Å²) in [6.45, 7) is 1.91. The Morgan fingerprint density at radius 1 is 1.35 bits per heavy atom. The van der Waals surface area contributed by atoms with Gasteiger partial charge in [0.1, 0.15) is 5.75 Å². The number of fused-ring (bicyclic) bond motifs is 1. The minimum atomic E-state index is 0.453. The van der Waals surface area contributed by atoms with Crippen LogP contribution in [0.15, 0.2) is 18.2 Å². The molecule has 1 atom stereocenters. The van der Waals surface area contributed by atoms with E-state index in [2.05, 4.69) is 28.8 Å². The fraction of sp³-hybridized carbons (Fsp3) is 0.571. The molecule has 0 fully saturated rings. The minimum absolute atomic E-state index is 0.453. The number of rotatable bonds is 6. The van der Waals surface area contributed by atoms with Crippen LogP contribution < -0.4 is 15.4 Å². The molecular weight excluding hydrogens is 212 g/mol. The van der Waals surface area contributed by atoms with Gasteiger partial charge in [0.2, 0.25) is 0 Å². The third-order valence-electron chi connectivity index (χ3n) is 3.38. The van der Waals surface area contributed by atoms with Crippen LogP contribution in [0.1, 0.15) is 30.0 Å². The van der Waals surface area contributed by atoms with E-state index in [1.165, 1.54) is 17.5 Å². The van der Waals surface area contributed by atoms with Crippen molar-refractivity contribution in [1.29, 1.82) is 0 Å². The molecular formula is C14H22N2O. The van der Waals surface area contributed by atoms with E-state index in [4.69, 9.17) is 4.74 Å². The first-order chi connectivity index (χ1) is 8.35. The first kappa shape index (κ1) is 12.4. The van der Waals surface area contributed by atoms with Crippen molar-refractivity contribution in [3.63, 3.8) is 0 Å². The van der Waals surface area contributed by atoms with Crippen molar-refractivity contribution >= 4 is 0 Å². The second kappa shape index (κ2) is 6.03. The predicted molar refractivity (Wildman–Crippen MR) is 70.6 cm³/mol. The van der Waals surface area contributed by atoms with Crippen molar-refractivity contribution in [3.05, 3.63) is 29.3 Å². The van der Waals surface area contributed by atoms with E-state index in [0.29, 0.717) is 6.04 Å². The van der Waals surface area contributed by atoms with Gasteiger partial charge in [0.15, 0.2) is 0 Å². The Bertz CT molecular complexity index is 365. The highest BCUT2D eigenvalue weighted by Crippen LogP contribution is 2.29. The molecule has 0 aliphatic carbocycles. The maximum atomic E-state index is 5.53. The molecule has 0 saturated carbocycles. The van der Waals surface area contributed by atoms with Crippen LogP contribution in [0, 0.1) is 0 Å². The molecule has 1 aromatic carbocycles. The average Bonchev–Trinajstić information content (AvgIpc) is 2.82. The summed E-state index contributed by atoms with van der Waals surface area (Å²) in [5, 5.41) is 6.59. The lowest BCUT2D eigenvalue weighted by Gasteiger charge is -2.17. The zero-order chi connectivity index (χ0) is 12.1. The zero-order valence-electron chi connectivity index (χ0n) is 10.8. The van der Waals surface area contributed by atoms with E-state index in [9.17, 15) is 0 Å². The highest BCUT2D eigenvalue weighted by Gasteiger charge is 2.15. The SMILES string of the molecule is CNCCCC(NC)c1ccc2c(c1)CCO2. The molecule has 1 aliphatic heterocycles. The molecule has 2 rings (SSSR count). The average molecular weight is 234 g/mol. The monoisotopic (exact) mass is 234 g/mol. The molecule has 0 radical (unpaired) electrons. The Balaban J connectivity index is 2.03. The van der Waals surface area contributed by atoms with Gasteiger partial charge in [-0.25, -0.2) is 0 Å². The summed E-state index contributed by atoms with van der Waals surface area (Å²) in [5.41, 5.74) is 2.74. The largest absolute Gasteiger partial charge is 0.493 e. The summed E-state index contributed by atoms with van der Waals surface area (Å²) in [6.07, 6.45) is 3.41. The maximum absolute atomic E-state index is 5.53. The summed E-state index contributed by atoms with van der Waals surface area (Å²) < 4.78 is 5.53. The Labute approximate surface area is 104 Å². The molecule has 2 N–H and O–H groups in total.